The zero-order valence-electron chi connectivity index (χ0n) is 22.3. The number of carbonyl (C=O) groups is 3. The van der Waals surface area contributed by atoms with E-state index in [1.54, 1.807) is 6.92 Å². The number of nitrogens with one attached hydrogen (secondary N) is 1. The number of pyridine rings is 1. The van der Waals surface area contributed by atoms with Crippen molar-refractivity contribution in [1.82, 2.24) is 10.3 Å². The maximum absolute atomic E-state index is 13.5. The topological polar surface area (TPSA) is 121 Å². The number of aldehydes is 1. The number of carbonyl (C=O) groups excluding carboxylic acids is 3. The number of nitrogens with zero attached hydrogens (tertiary/aromatic N) is 1. The fraction of sp³-hybridized carbons (Fsp3) is 0.310. The van der Waals surface area contributed by atoms with E-state index in [4.69, 9.17) is 14.2 Å². The summed E-state index contributed by atoms with van der Waals surface area (Å²) in [5.41, 5.74) is 0.0778. The minimum Gasteiger partial charge on any atom is -0.493 e. The first-order valence-corrected chi connectivity index (χ1v) is 13.6. The number of amides is 1. The maximum atomic E-state index is 13.5. The molecule has 0 aliphatic carbocycles. The van der Waals surface area contributed by atoms with Gasteiger partial charge >= 0.3 is 5.97 Å². The Kier molecular flexibility index (Phi) is 10.5. The van der Waals surface area contributed by atoms with Crippen molar-refractivity contribution < 1.29 is 32.8 Å². The van der Waals surface area contributed by atoms with Gasteiger partial charge in [0.15, 0.2) is 11.4 Å². The van der Waals surface area contributed by atoms with Crippen molar-refractivity contribution in [1.29, 1.82) is 0 Å². The molecule has 206 valence electrons. The number of hydrogen-bond donors (Lipinski definition) is 1. The summed E-state index contributed by atoms with van der Waals surface area (Å²) in [6.45, 7) is 4.26. The van der Waals surface area contributed by atoms with Crippen LogP contribution in [0, 0.1) is 0 Å². The van der Waals surface area contributed by atoms with Crippen LogP contribution in [0.15, 0.2) is 72.9 Å². The third-order valence-electron chi connectivity index (χ3n) is 5.84. The van der Waals surface area contributed by atoms with Crippen LogP contribution in [-0.2, 0) is 30.9 Å². The SMILES string of the molecule is COc1ccnc(C(=O)N[C@](C)(C=O)CO[C@@H](C)[C@@H](c2ccccc2)S(=O)Cc2ccccc2)c1OC(C)=O. The third kappa shape index (κ3) is 8.05. The Balaban J connectivity index is 1.78. The molecule has 1 amide bonds. The number of methoxy groups -OCH3 is 1. The van der Waals surface area contributed by atoms with E-state index in [0.717, 1.165) is 11.1 Å². The molecule has 10 heteroatoms. The fourth-order valence-corrected chi connectivity index (χ4v) is 5.58. The first kappa shape index (κ1) is 29.7. The highest BCUT2D eigenvalue weighted by Crippen LogP contribution is 2.31. The van der Waals surface area contributed by atoms with Gasteiger partial charge in [0, 0.05) is 35.7 Å². The van der Waals surface area contributed by atoms with E-state index in [2.05, 4.69) is 10.3 Å². The Labute approximate surface area is 230 Å². The minimum atomic E-state index is -1.47. The van der Waals surface area contributed by atoms with Gasteiger partial charge in [0.1, 0.15) is 11.8 Å². The molecule has 1 N–H and O–H groups in total. The zero-order valence-corrected chi connectivity index (χ0v) is 23.1. The van der Waals surface area contributed by atoms with Crippen LogP contribution < -0.4 is 14.8 Å². The van der Waals surface area contributed by atoms with E-state index in [9.17, 15) is 18.6 Å². The number of esters is 1. The number of aromatic nitrogens is 1. The molecule has 3 aromatic rings. The monoisotopic (exact) mass is 552 g/mol. The van der Waals surface area contributed by atoms with Crippen LogP contribution in [0.1, 0.15) is 47.6 Å². The largest absolute Gasteiger partial charge is 0.493 e. The van der Waals surface area contributed by atoms with Crippen molar-refractivity contribution in [3.05, 3.63) is 89.7 Å². The van der Waals surface area contributed by atoms with Crippen LogP contribution in [0.4, 0.5) is 0 Å². The fourth-order valence-electron chi connectivity index (χ4n) is 3.91. The van der Waals surface area contributed by atoms with Gasteiger partial charge in [-0.1, -0.05) is 60.7 Å². The van der Waals surface area contributed by atoms with Gasteiger partial charge in [0.2, 0.25) is 5.75 Å². The lowest BCUT2D eigenvalue weighted by atomic mass is 10.0. The summed E-state index contributed by atoms with van der Waals surface area (Å²) in [5, 5.41) is 2.12. The van der Waals surface area contributed by atoms with Crippen molar-refractivity contribution in [3.8, 4) is 11.5 Å². The van der Waals surface area contributed by atoms with Crippen LogP contribution in [-0.4, -0.2) is 52.7 Å². The molecule has 1 aromatic heterocycles. The molecule has 3 rings (SSSR count). The van der Waals surface area contributed by atoms with Crippen molar-refractivity contribution in [3.63, 3.8) is 0 Å². The molecule has 0 bridgehead atoms. The molecule has 0 aliphatic heterocycles. The molecular weight excluding hydrogens is 520 g/mol. The van der Waals surface area contributed by atoms with Crippen molar-refractivity contribution >= 4 is 29.0 Å². The molecule has 1 unspecified atom stereocenters. The highest BCUT2D eigenvalue weighted by Gasteiger charge is 2.33. The standard InChI is InChI=1S/C29H32N2O7S/c1-20(27(23-13-9-6-10-14-23)39(35)17-22-11-7-5-8-12-22)37-19-29(3,18-32)31-28(34)25-26(38-21(2)33)24(36-4)15-16-30-25/h5-16,18,20,27H,17,19H2,1-4H3,(H,31,34)/t20-,27-,29+,39?/m0/s1. The molecule has 4 atom stereocenters. The van der Waals surface area contributed by atoms with E-state index in [-0.39, 0.29) is 23.8 Å². The second kappa shape index (κ2) is 13.8. The Bertz CT molecular complexity index is 1300. The summed E-state index contributed by atoms with van der Waals surface area (Å²) in [6, 6.07) is 20.4. The summed E-state index contributed by atoms with van der Waals surface area (Å²) >= 11 is 0. The summed E-state index contributed by atoms with van der Waals surface area (Å²) in [6.07, 6.45) is 1.31. The maximum Gasteiger partial charge on any atom is 0.308 e. The number of rotatable bonds is 13. The van der Waals surface area contributed by atoms with E-state index in [0.29, 0.717) is 12.0 Å². The Morgan fingerprint density at radius 1 is 1.08 bits per heavy atom. The smallest absolute Gasteiger partial charge is 0.308 e. The van der Waals surface area contributed by atoms with Crippen molar-refractivity contribution in [2.45, 2.75) is 43.4 Å². The van der Waals surface area contributed by atoms with Crippen LogP contribution in [0.25, 0.3) is 0 Å². The van der Waals surface area contributed by atoms with Gasteiger partial charge in [-0.05, 0) is 25.0 Å². The molecule has 2 aromatic carbocycles. The van der Waals surface area contributed by atoms with Crippen LogP contribution in [0.3, 0.4) is 0 Å². The predicted molar refractivity (Wildman–Crippen MR) is 147 cm³/mol. The van der Waals surface area contributed by atoms with Gasteiger partial charge < -0.3 is 24.3 Å². The van der Waals surface area contributed by atoms with Crippen LogP contribution in [0.5, 0.6) is 11.5 Å². The lowest BCUT2D eigenvalue weighted by Gasteiger charge is -2.30. The van der Waals surface area contributed by atoms with Crippen LogP contribution >= 0.6 is 0 Å². The molecule has 0 saturated carbocycles. The van der Waals surface area contributed by atoms with Gasteiger partial charge in [-0.25, -0.2) is 4.98 Å². The number of benzene rings is 2. The lowest BCUT2D eigenvalue weighted by molar-refractivity contribution is -0.132. The average molecular weight is 553 g/mol. The molecule has 9 nitrogen and oxygen atoms in total. The first-order chi connectivity index (χ1) is 18.7. The van der Waals surface area contributed by atoms with Crippen molar-refractivity contribution in [2.24, 2.45) is 0 Å². The first-order valence-electron chi connectivity index (χ1n) is 12.3. The Hall–Kier alpha value is -3.89. The summed E-state index contributed by atoms with van der Waals surface area (Å²) in [7, 11) is 0.0146. The molecule has 0 saturated heterocycles. The molecule has 0 radical (unpaired) electrons. The molecule has 0 spiro atoms. The molecular formula is C29H32N2O7S. The molecule has 0 fully saturated rings. The highest BCUT2D eigenvalue weighted by molar-refractivity contribution is 7.84. The Morgan fingerprint density at radius 3 is 2.31 bits per heavy atom. The molecule has 39 heavy (non-hydrogen) atoms. The van der Waals surface area contributed by atoms with Crippen LogP contribution in [0.2, 0.25) is 0 Å². The number of ether oxygens (including phenoxy) is 3. The third-order valence-corrected chi connectivity index (χ3v) is 7.68. The van der Waals surface area contributed by atoms with Gasteiger partial charge in [-0.2, -0.15) is 0 Å². The Morgan fingerprint density at radius 2 is 1.72 bits per heavy atom. The predicted octanol–water partition coefficient (Wildman–Crippen LogP) is 3.80. The number of hydrogen-bond acceptors (Lipinski definition) is 8. The van der Waals surface area contributed by atoms with Crippen molar-refractivity contribution in [2.75, 3.05) is 13.7 Å². The highest BCUT2D eigenvalue weighted by atomic mass is 32.2. The molecule has 1 heterocycles. The second-order valence-corrected chi connectivity index (χ2v) is 10.7. The zero-order chi connectivity index (χ0) is 28.4. The van der Waals surface area contributed by atoms with E-state index >= 15 is 0 Å². The van der Waals surface area contributed by atoms with Gasteiger partial charge in [-0.15, -0.1) is 0 Å². The average Bonchev–Trinajstić information content (AvgIpc) is 2.93. The summed E-state index contributed by atoms with van der Waals surface area (Å²) < 4.78 is 29.9. The normalized spacial score (nSPS) is 14.8. The van der Waals surface area contributed by atoms with Gasteiger partial charge in [0.25, 0.3) is 5.91 Å². The minimum absolute atomic E-state index is 0.134. The summed E-state index contributed by atoms with van der Waals surface area (Å²) in [4.78, 5) is 40.8. The quantitative estimate of drug-likeness (QED) is 0.251. The summed E-state index contributed by atoms with van der Waals surface area (Å²) in [5.74, 6) is -1.12. The molecule has 0 aliphatic rings. The van der Waals surface area contributed by atoms with E-state index in [1.165, 1.54) is 33.2 Å². The lowest BCUT2D eigenvalue weighted by Crippen LogP contribution is -2.52. The van der Waals surface area contributed by atoms with E-state index in [1.807, 2.05) is 60.7 Å². The van der Waals surface area contributed by atoms with E-state index < -0.39 is 39.6 Å². The van der Waals surface area contributed by atoms with Gasteiger partial charge in [-0.3, -0.25) is 13.8 Å². The van der Waals surface area contributed by atoms with Gasteiger partial charge in [0.05, 0.1) is 25.1 Å². The second-order valence-electron chi connectivity index (χ2n) is 9.13.